The number of halogens is 4. The fraction of sp³-hybridized carbons (Fsp3) is 0.312. The van der Waals surface area contributed by atoms with E-state index >= 15 is 0 Å². The standard InChI is InChI=1S/C18H16F3NO4.C14H17IN2O2/c1-24-11-14(17(23)25-2)13-7-4-3-6-12(13)10-26-16-9-5-8-15(22-16)18(19,20)21;1-3-7-17-13(18)11-9-10(15)5-6-12(11)16-14(17)19-8-4-2/h3-9,11H,10H2,1-2H3;5-6,9H,3-4,7-8H2,1-2H3/b14-11+;. The van der Waals surface area contributed by atoms with E-state index in [0.29, 0.717) is 41.2 Å². The predicted octanol–water partition coefficient (Wildman–Crippen LogP) is 7.04. The van der Waals surface area contributed by atoms with Gasteiger partial charge in [0.15, 0.2) is 0 Å². The zero-order chi connectivity index (χ0) is 33.0. The lowest BCUT2D eigenvalue weighted by Crippen LogP contribution is -2.24. The van der Waals surface area contributed by atoms with Gasteiger partial charge in [-0.15, -0.1) is 0 Å². The van der Waals surface area contributed by atoms with Crippen molar-refractivity contribution in [1.82, 2.24) is 14.5 Å². The van der Waals surface area contributed by atoms with Gasteiger partial charge in [-0.25, -0.2) is 9.78 Å². The Bertz CT molecular complexity index is 1690. The number of aromatic nitrogens is 3. The first-order chi connectivity index (χ1) is 21.5. The summed E-state index contributed by atoms with van der Waals surface area (Å²) in [6.45, 7) is 5.18. The lowest BCUT2D eigenvalue weighted by molar-refractivity contribution is -0.141. The first-order valence-corrected chi connectivity index (χ1v) is 15.0. The zero-order valence-electron chi connectivity index (χ0n) is 25.2. The smallest absolute Gasteiger partial charge is 0.433 e. The molecule has 13 heteroatoms. The highest BCUT2D eigenvalue weighted by Crippen LogP contribution is 2.29. The van der Waals surface area contributed by atoms with Gasteiger partial charge in [-0.05, 0) is 70.8 Å². The number of esters is 1. The molecule has 0 bridgehead atoms. The Morgan fingerprint density at radius 3 is 2.40 bits per heavy atom. The number of benzene rings is 2. The Kier molecular flexibility index (Phi) is 13.2. The van der Waals surface area contributed by atoms with Gasteiger partial charge < -0.3 is 18.9 Å². The molecule has 45 heavy (non-hydrogen) atoms. The average Bonchev–Trinajstić information content (AvgIpc) is 3.03. The number of ether oxygens (including phenoxy) is 4. The second-order valence-corrected chi connectivity index (χ2v) is 10.7. The maximum Gasteiger partial charge on any atom is 0.433 e. The zero-order valence-corrected chi connectivity index (χ0v) is 27.3. The second-order valence-electron chi connectivity index (χ2n) is 9.42. The van der Waals surface area contributed by atoms with Crippen molar-refractivity contribution in [3.8, 4) is 11.9 Å². The first-order valence-electron chi connectivity index (χ1n) is 13.9. The van der Waals surface area contributed by atoms with Crippen molar-refractivity contribution in [3.05, 3.63) is 97.7 Å². The minimum Gasteiger partial charge on any atom is -0.503 e. The molecule has 0 saturated carbocycles. The van der Waals surface area contributed by atoms with E-state index in [4.69, 9.17) is 18.9 Å². The highest BCUT2D eigenvalue weighted by molar-refractivity contribution is 14.1. The van der Waals surface area contributed by atoms with Crippen molar-refractivity contribution in [3.63, 3.8) is 0 Å². The topological polar surface area (TPSA) is 102 Å². The molecule has 0 aliphatic heterocycles. The number of pyridine rings is 1. The van der Waals surface area contributed by atoms with Gasteiger partial charge in [0, 0.05) is 16.2 Å². The lowest BCUT2D eigenvalue weighted by Gasteiger charge is -2.13. The van der Waals surface area contributed by atoms with E-state index in [1.165, 1.54) is 32.6 Å². The summed E-state index contributed by atoms with van der Waals surface area (Å²) in [4.78, 5) is 32.3. The van der Waals surface area contributed by atoms with Crippen LogP contribution in [0.25, 0.3) is 16.5 Å². The van der Waals surface area contributed by atoms with Crippen molar-refractivity contribution in [2.24, 2.45) is 0 Å². The van der Waals surface area contributed by atoms with E-state index < -0.39 is 17.8 Å². The maximum atomic E-state index is 12.7. The molecule has 0 radical (unpaired) electrons. The molecule has 2 aromatic carbocycles. The van der Waals surface area contributed by atoms with Crippen LogP contribution in [0.15, 0.2) is 71.7 Å². The Morgan fingerprint density at radius 2 is 1.73 bits per heavy atom. The van der Waals surface area contributed by atoms with Gasteiger partial charge in [0.05, 0.1) is 38.0 Å². The third-order valence-electron chi connectivity index (χ3n) is 6.10. The molecule has 4 aromatic rings. The van der Waals surface area contributed by atoms with Crippen LogP contribution in [0.1, 0.15) is 43.5 Å². The van der Waals surface area contributed by atoms with E-state index in [2.05, 4.69) is 32.6 Å². The summed E-state index contributed by atoms with van der Waals surface area (Å²) in [7, 11) is 2.62. The van der Waals surface area contributed by atoms with Gasteiger partial charge in [-0.1, -0.05) is 44.2 Å². The molecule has 0 saturated heterocycles. The molecule has 0 spiro atoms. The van der Waals surface area contributed by atoms with E-state index in [0.717, 1.165) is 22.5 Å². The predicted molar refractivity (Wildman–Crippen MR) is 172 cm³/mol. The molecule has 0 amide bonds. The third-order valence-corrected chi connectivity index (χ3v) is 6.77. The van der Waals surface area contributed by atoms with Gasteiger partial charge in [0.25, 0.3) is 11.6 Å². The number of hydrogen-bond acceptors (Lipinski definition) is 8. The molecular weight excluding hydrogens is 706 g/mol. The fourth-order valence-electron chi connectivity index (χ4n) is 4.06. The summed E-state index contributed by atoms with van der Waals surface area (Å²) >= 11 is 2.20. The summed E-state index contributed by atoms with van der Waals surface area (Å²) in [5.41, 5.74) is 0.831. The van der Waals surface area contributed by atoms with Crippen molar-refractivity contribution in [2.45, 2.75) is 46.0 Å². The molecule has 0 atom stereocenters. The number of hydrogen-bond donors (Lipinski definition) is 0. The van der Waals surface area contributed by atoms with Gasteiger partial charge in [-0.3, -0.25) is 9.36 Å². The summed E-state index contributed by atoms with van der Waals surface area (Å²) in [5, 5.41) is 0.657. The van der Waals surface area contributed by atoms with Crippen LogP contribution in [0.4, 0.5) is 13.2 Å². The fourth-order valence-corrected chi connectivity index (χ4v) is 4.55. The second kappa shape index (κ2) is 16.8. The van der Waals surface area contributed by atoms with Crippen LogP contribution in [-0.4, -0.2) is 41.3 Å². The molecule has 2 heterocycles. The summed E-state index contributed by atoms with van der Waals surface area (Å²) in [6.07, 6.45) is -1.56. The normalized spacial score (nSPS) is 11.4. The van der Waals surface area contributed by atoms with Crippen LogP contribution in [0.2, 0.25) is 0 Å². The molecule has 4 rings (SSSR count). The SMILES string of the molecule is CCCOc1nc2ccc(I)cc2c(=O)n1CCC.CO/C=C(/C(=O)OC)c1ccccc1COc1cccc(C(F)(F)F)n1. The molecule has 0 aliphatic rings. The van der Waals surface area contributed by atoms with E-state index in [-0.39, 0.29) is 23.6 Å². The van der Waals surface area contributed by atoms with E-state index in [1.807, 2.05) is 32.0 Å². The quantitative estimate of drug-likeness (QED) is 0.0700. The minimum atomic E-state index is -4.56. The molecule has 0 unspecified atom stereocenters. The minimum absolute atomic E-state index is 0.0172. The van der Waals surface area contributed by atoms with Crippen molar-refractivity contribution < 1.29 is 36.9 Å². The largest absolute Gasteiger partial charge is 0.503 e. The summed E-state index contributed by atoms with van der Waals surface area (Å²) in [6, 6.07) is 16.3. The number of methoxy groups -OCH3 is 2. The van der Waals surface area contributed by atoms with Crippen LogP contribution in [0, 0.1) is 3.57 Å². The number of nitrogens with zero attached hydrogens (tertiary/aromatic N) is 3. The van der Waals surface area contributed by atoms with Crippen LogP contribution < -0.4 is 15.0 Å². The highest BCUT2D eigenvalue weighted by atomic mass is 127. The van der Waals surface area contributed by atoms with Crippen LogP contribution in [0.3, 0.4) is 0 Å². The van der Waals surface area contributed by atoms with E-state index in [1.54, 1.807) is 28.8 Å². The maximum absolute atomic E-state index is 12.7. The molecule has 9 nitrogen and oxygen atoms in total. The Morgan fingerprint density at radius 1 is 0.978 bits per heavy atom. The van der Waals surface area contributed by atoms with Crippen molar-refractivity contribution >= 4 is 45.0 Å². The van der Waals surface area contributed by atoms with Gasteiger partial charge in [0.1, 0.15) is 17.9 Å². The number of carbonyl (C=O) groups excluding carboxylic acids is 1. The molecule has 240 valence electrons. The lowest BCUT2D eigenvalue weighted by atomic mass is 10.0. The molecule has 0 aliphatic carbocycles. The van der Waals surface area contributed by atoms with Gasteiger partial charge >= 0.3 is 12.1 Å². The van der Waals surface area contributed by atoms with Gasteiger partial charge in [0.2, 0.25) is 5.88 Å². The highest BCUT2D eigenvalue weighted by Gasteiger charge is 2.32. The number of fused-ring (bicyclic) bond motifs is 1. The van der Waals surface area contributed by atoms with Crippen molar-refractivity contribution in [1.29, 1.82) is 0 Å². The molecule has 0 fully saturated rings. The van der Waals surface area contributed by atoms with Crippen LogP contribution in [-0.2, 0) is 33.6 Å². The number of alkyl halides is 3. The molecule has 0 N–H and O–H groups in total. The Labute approximate surface area is 272 Å². The van der Waals surface area contributed by atoms with Gasteiger partial charge in [-0.2, -0.15) is 18.2 Å². The third kappa shape index (κ3) is 9.67. The van der Waals surface area contributed by atoms with Crippen LogP contribution >= 0.6 is 22.6 Å². The Hall–Kier alpha value is -4.14. The summed E-state index contributed by atoms with van der Waals surface area (Å²) < 4.78 is 61.5. The summed E-state index contributed by atoms with van der Waals surface area (Å²) in [5.74, 6) is -0.790. The number of rotatable bonds is 11. The van der Waals surface area contributed by atoms with E-state index in [9.17, 15) is 22.8 Å². The number of carbonyl (C=O) groups is 1. The monoisotopic (exact) mass is 739 g/mol. The molecular formula is C32H33F3IN3O6. The Balaban J connectivity index is 0.000000257. The van der Waals surface area contributed by atoms with Crippen LogP contribution in [0.5, 0.6) is 11.9 Å². The first kappa shape index (κ1) is 35.3. The molecule has 2 aromatic heterocycles. The van der Waals surface area contributed by atoms with Crippen molar-refractivity contribution in [2.75, 3.05) is 20.8 Å². The average molecular weight is 740 g/mol.